The maximum Gasteiger partial charge on any atom is 0.271 e. The molecule has 0 saturated carbocycles. The Morgan fingerprint density at radius 2 is 1.77 bits per heavy atom. The van der Waals surface area contributed by atoms with Gasteiger partial charge in [0, 0.05) is 56.2 Å². The van der Waals surface area contributed by atoms with Crippen LogP contribution >= 0.6 is 0 Å². The van der Waals surface area contributed by atoms with E-state index in [0.717, 1.165) is 56.3 Å². The number of aromatic nitrogens is 3. The Morgan fingerprint density at radius 1 is 1.03 bits per heavy atom. The molecule has 4 rings (SSSR count). The highest BCUT2D eigenvalue weighted by Crippen LogP contribution is 2.23. The monoisotopic (exact) mass is 407 g/mol. The molecule has 0 radical (unpaired) electrons. The minimum atomic E-state index is 0.00777. The first-order chi connectivity index (χ1) is 14.5. The van der Waals surface area contributed by atoms with Crippen molar-refractivity contribution in [3.05, 3.63) is 59.5 Å². The van der Waals surface area contributed by atoms with Gasteiger partial charge in [0.15, 0.2) is 0 Å². The van der Waals surface area contributed by atoms with Crippen LogP contribution in [0.4, 0.5) is 0 Å². The van der Waals surface area contributed by atoms with Crippen molar-refractivity contribution in [3.8, 4) is 17.0 Å². The Balaban J connectivity index is 1.33. The minimum absolute atomic E-state index is 0.00777. The largest absolute Gasteiger partial charge is 0.497 e. The molecule has 7 nitrogen and oxygen atoms in total. The molecule has 0 unspecified atom stereocenters. The second kappa shape index (κ2) is 8.75. The third-order valence-corrected chi connectivity index (χ3v) is 5.89. The van der Waals surface area contributed by atoms with Crippen molar-refractivity contribution < 1.29 is 9.53 Å². The van der Waals surface area contributed by atoms with Crippen LogP contribution in [0.3, 0.4) is 0 Å². The highest BCUT2D eigenvalue weighted by atomic mass is 16.5. The fourth-order valence-electron chi connectivity index (χ4n) is 4.00. The van der Waals surface area contributed by atoms with Gasteiger partial charge < -0.3 is 14.2 Å². The Labute approximate surface area is 177 Å². The first-order valence-corrected chi connectivity index (χ1v) is 10.4. The second-order valence-corrected chi connectivity index (χ2v) is 7.80. The number of hydrogen-bond acceptors (Lipinski definition) is 4. The molecule has 2 aromatic heterocycles. The van der Waals surface area contributed by atoms with Gasteiger partial charge in [-0.1, -0.05) is 12.1 Å². The molecule has 0 bridgehead atoms. The number of piperazine rings is 1. The van der Waals surface area contributed by atoms with Crippen LogP contribution in [0, 0.1) is 13.8 Å². The topological polar surface area (TPSA) is 66.4 Å². The van der Waals surface area contributed by atoms with Gasteiger partial charge in [0.05, 0.1) is 12.8 Å². The van der Waals surface area contributed by atoms with E-state index in [1.165, 1.54) is 11.4 Å². The average Bonchev–Trinajstić information content (AvgIpc) is 3.39. The summed E-state index contributed by atoms with van der Waals surface area (Å²) in [6.07, 6.45) is 0. The Morgan fingerprint density at radius 3 is 2.47 bits per heavy atom. The summed E-state index contributed by atoms with van der Waals surface area (Å²) >= 11 is 0. The summed E-state index contributed by atoms with van der Waals surface area (Å²) in [5, 5.41) is 7.23. The van der Waals surface area contributed by atoms with E-state index in [1.54, 1.807) is 7.11 Å². The summed E-state index contributed by atoms with van der Waals surface area (Å²) in [6.45, 7) is 9.53. The molecule has 158 valence electrons. The number of nitrogens with one attached hydrogen (secondary N) is 1. The first kappa shape index (κ1) is 20.2. The smallest absolute Gasteiger partial charge is 0.271 e. The number of carbonyl (C=O) groups is 1. The number of aryl methyl sites for hydroxylation is 2. The van der Waals surface area contributed by atoms with Gasteiger partial charge in [0.1, 0.15) is 11.4 Å². The lowest BCUT2D eigenvalue weighted by Gasteiger charge is -2.34. The summed E-state index contributed by atoms with van der Waals surface area (Å²) < 4.78 is 7.62. The van der Waals surface area contributed by atoms with Gasteiger partial charge in [-0.2, -0.15) is 5.10 Å². The summed E-state index contributed by atoms with van der Waals surface area (Å²) in [7, 11) is 1.64. The molecule has 1 saturated heterocycles. The third kappa shape index (κ3) is 4.26. The van der Waals surface area contributed by atoms with E-state index in [-0.39, 0.29) is 5.91 Å². The number of amides is 1. The molecule has 0 aliphatic carbocycles. The minimum Gasteiger partial charge on any atom is -0.497 e. The predicted octanol–water partition coefficient (Wildman–Crippen LogP) is 2.96. The maximum absolute atomic E-state index is 12.9. The molecule has 1 aromatic carbocycles. The Kier molecular flexibility index (Phi) is 5.90. The summed E-state index contributed by atoms with van der Waals surface area (Å²) in [5.41, 5.74) is 4.79. The molecule has 1 N–H and O–H groups in total. The van der Waals surface area contributed by atoms with Gasteiger partial charge >= 0.3 is 0 Å². The van der Waals surface area contributed by atoms with Crippen molar-refractivity contribution in [2.24, 2.45) is 0 Å². The third-order valence-electron chi connectivity index (χ3n) is 5.89. The van der Waals surface area contributed by atoms with Gasteiger partial charge in [0.2, 0.25) is 0 Å². The number of nitrogens with zero attached hydrogens (tertiary/aromatic N) is 4. The lowest BCUT2D eigenvalue weighted by molar-refractivity contribution is 0.0627. The SMILES string of the molecule is COc1cccc(-c2cc(C(=O)N3CCN(CCn4c(C)ccc4C)CC3)[nH]n2)c1. The summed E-state index contributed by atoms with van der Waals surface area (Å²) in [4.78, 5) is 17.3. The summed E-state index contributed by atoms with van der Waals surface area (Å²) in [5.74, 6) is 0.776. The van der Waals surface area contributed by atoms with E-state index in [1.807, 2.05) is 35.2 Å². The fraction of sp³-hybridized carbons (Fsp3) is 0.391. The zero-order valence-electron chi connectivity index (χ0n) is 17.9. The van der Waals surface area contributed by atoms with Gasteiger partial charge in [0.25, 0.3) is 5.91 Å². The molecule has 1 aliphatic rings. The lowest BCUT2D eigenvalue weighted by Crippen LogP contribution is -2.49. The van der Waals surface area contributed by atoms with Crippen LogP contribution in [0.25, 0.3) is 11.3 Å². The van der Waals surface area contributed by atoms with Crippen molar-refractivity contribution in [2.75, 3.05) is 39.8 Å². The highest BCUT2D eigenvalue weighted by Gasteiger charge is 2.23. The Bertz CT molecular complexity index is 995. The second-order valence-electron chi connectivity index (χ2n) is 7.80. The number of rotatable bonds is 6. The van der Waals surface area contributed by atoms with E-state index < -0.39 is 0 Å². The van der Waals surface area contributed by atoms with Crippen LogP contribution in [0.1, 0.15) is 21.9 Å². The average molecular weight is 408 g/mol. The molecular weight excluding hydrogens is 378 g/mol. The van der Waals surface area contributed by atoms with E-state index in [4.69, 9.17) is 4.74 Å². The molecule has 1 fully saturated rings. The van der Waals surface area contributed by atoms with Crippen LogP contribution in [0.5, 0.6) is 5.75 Å². The van der Waals surface area contributed by atoms with Gasteiger partial charge in [-0.25, -0.2) is 0 Å². The first-order valence-electron chi connectivity index (χ1n) is 10.4. The van der Waals surface area contributed by atoms with Crippen molar-refractivity contribution >= 4 is 5.91 Å². The van der Waals surface area contributed by atoms with Gasteiger partial charge in [-0.3, -0.25) is 14.8 Å². The molecule has 3 aromatic rings. The zero-order valence-corrected chi connectivity index (χ0v) is 17.9. The molecule has 30 heavy (non-hydrogen) atoms. The highest BCUT2D eigenvalue weighted by molar-refractivity contribution is 5.93. The molecule has 3 heterocycles. The molecule has 1 amide bonds. The number of hydrogen-bond donors (Lipinski definition) is 1. The normalized spacial score (nSPS) is 14.8. The predicted molar refractivity (Wildman–Crippen MR) is 117 cm³/mol. The number of aromatic amines is 1. The number of carbonyl (C=O) groups excluding carboxylic acids is 1. The van der Waals surface area contributed by atoms with Crippen LogP contribution in [-0.4, -0.2) is 70.3 Å². The molecule has 7 heteroatoms. The van der Waals surface area contributed by atoms with E-state index in [2.05, 4.69) is 45.6 Å². The van der Waals surface area contributed by atoms with Crippen LogP contribution in [-0.2, 0) is 6.54 Å². The van der Waals surface area contributed by atoms with Gasteiger partial charge in [-0.05, 0) is 44.2 Å². The number of H-pyrrole nitrogens is 1. The van der Waals surface area contributed by atoms with Crippen molar-refractivity contribution in [2.45, 2.75) is 20.4 Å². The fourth-order valence-corrected chi connectivity index (χ4v) is 4.00. The molecular formula is C23H29N5O2. The number of methoxy groups -OCH3 is 1. The quantitative estimate of drug-likeness (QED) is 0.682. The molecule has 1 aliphatic heterocycles. The van der Waals surface area contributed by atoms with Crippen molar-refractivity contribution in [1.29, 1.82) is 0 Å². The van der Waals surface area contributed by atoms with E-state index in [0.29, 0.717) is 5.69 Å². The molecule has 0 atom stereocenters. The zero-order chi connectivity index (χ0) is 21.1. The number of ether oxygens (including phenoxy) is 1. The van der Waals surface area contributed by atoms with Crippen LogP contribution in [0.2, 0.25) is 0 Å². The standard InChI is InChI=1S/C23H29N5O2/c1-17-7-8-18(2)28(17)14-11-26-9-12-27(13-10-26)23(29)22-16-21(24-25-22)19-5-4-6-20(15-19)30-3/h4-8,15-16H,9-14H2,1-3H3,(H,24,25). The van der Waals surface area contributed by atoms with Crippen molar-refractivity contribution in [1.82, 2.24) is 24.6 Å². The number of benzene rings is 1. The van der Waals surface area contributed by atoms with E-state index >= 15 is 0 Å². The van der Waals surface area contributed by atoms with Gasteiger partial charge in [-0.15, -0.1) is 0 Å². The van der Waals surface area contributed by atoms with Crippen LogP contribution in [0.15, 0.2) is 42.5 Å². The van der Waals surface area contributed by atoms with Crippen LogP contribution < -0.4 is 4.74 Å². The van der Waals surface area contributed by atoms with Crippen molar-refractivity contribution in [3.63, 3.8) is 0 Å². The Hall–Kier alpha value is -3.06. The van der Waals surface area contributed by atoms with E-state index in [9.17, 15) is 4.79 Å². The lowest BCUT2D eigenvalue weighted by atomic mass is 10.1. The molecule has 0 spiro atoms. The maximum atomic E-state index is 12.9. The summed E-state index contributed by atoms with van der Waals surface area (Å²) in [6, 6.07) is 13.8.